The largest absolute Gasteiger partial charge is 0.365 e. The molecule has 2 heteroatoms. The average Bonchev–Trinajstić information content (AvgIpc) is 2.49. The first-order chi connectivity index (χ1) is 11.0. The first kappa shape index (κ1) is 18.0. The van der Waals surface area contributed by atoms with Gasteiger partial charge in [-0.3, -0.25) is 4.99 Å². The molecule has 1 atom stereocenters. The van der Waals surface area contributed by atoms with E-state index in [9.17, 15) is 0 Å². The van der Waals surface area contributed by atoms with Crippen LogP contribution in [0.1, 0.15) is 83.8 Å². The molecule has 0 spiro atoms. The summed E-state index contributed by atoms with van der Waals surface area (Å²) in [5.74, 6) is 1.06. The maximum Gasteiger partial charge on any atom is 0.128 e. The number of benzene rings is 1. The molecule has 0 aliphatic carbocycles. The van der Waals surface area contributed by atoms with E-state index in [1.165, 1.54) is 56.1 Å². The number of aliphatic imine (C=N–C) groups is 1. The van der Waals surface area contributed by atoms with Crippen molar-refractivity contribution in [2.75, 3.05) is 0 Å². The van der Waals surface area contributed by atoms with E-state index in [2.05, 4.69) is 57.3 Å². The standard InChI is InChI=1S/C21H34N2/c1-5-6-7-8-9-10-11-18-12-14-19(15-13-18)20-22-17(2)16-21(3,4)23-20/h12-15,17H,5-11,16H2,1-4H3,(H,22,23). The number of nitrogens with one attached hydrogen (secondary N) is 1. The number of unbranched alkanes of at least 4 members (excludes halogenated alkanes) is 5. The van der Waals surface area contributed by atoms with Crippen LogP contribution >= 0.6 is 0 Å². The van der Waals surface area contributed by atoms with E-state index >= 15 is 0 Å². The molecule has 1 N–H and O–H groups in total. The lowest BCUT2D eigenvalue weighted by molar-refractivity contribution is 0.374. The zero-order chi connectivity index (χ0) is 16.7. The van der Waals surface area contributed by atoms with Gasteiger partial charge in [0.2, 0.25) is 0 Å². The Kier molecular flexibility index (Phi) is 6.68. The molecule has 0 bridgehead atoms. The van der Waals surface area contributed by atoms with Gasteiger partial charge in [-0.25, -0.2) is 0 Å². The van der Waals surface area contributed by atoms with Gasteiger partial charge in [0.05, 0.1) is 6.04 Å². The van der Waals surface area contributed by atoms with E-state index in [4.69, 9.17) is 4.99 Å². The average molecular weight is 315 g/mol. The summed E-state index contributed by atoms with van der Waals surface area (Å²) in [5.41, 5.74) is 2.80. The fourth-order valence-electron chi connectivity index (χ4n) is 3.49. The summed E-state index contributed by atoms with van der Waals surface area (Å²) in [6, 6.07) is 9.40. The van der Waals surface area contributed by atoms with Crippen LogP contribution in [0.2, 0.25) is 0 Å². The number of hydrogen-bond acceptors (Lipinski definition) is 2. The van der Waals surface area contributed by atoms with Crippen LogP contribution in [0.5, 0.6) is 0 Å². The van der Waals surface area contributed by atoms with Crippen LogP contribution in [-0.2, 0) is 6.42 Å². The molecule has 0 fully saturated rings. The van der Waals surface area contributed by atoms with Gasteiger partial charge in [-0.05, 0) is 45.6 Å². The van der Waals surface area contributed by atoms with Gasteiger partial charge in [-0.1, -0.05) is 63.3 Å². The van der Waals surface area contributed by atoms with E-state index < -0.39 is 0 Å². The lowest BCUT2D eigenvalue weighted by Crippen LogP contribution is -2.49. The summed E-state index contributed by atoms with van der Waals surface area (Å²) in [6.07, 6.45) is 10.5. The molecule has 128 valence electrons. The lowest BCUT2D eigenvalue weighted by atomic mass is 9.93. The van der Waals surface area contributed by atoms with Gasteiger partial charge in [0, 0.05) is 11.1 Å². The topological polar surface area (TPSA) is 24.4 Å². The molecule has 1 unspecified atom stereocenters. The Morgan fingerprint density at radius 2 is 1.70 bits per heavy atom. The molecule has 1 aromatic rings. The molecule has 23 heavy (non-hydrogen) atoms. The van der Waals surface area contributed by atoms with Crippen LogP contribution in [0, 0.1) is 0 Å². The van der Waals surface area contributed by atoms with Crippen LogP contribution in [0.15, 0.2) is 29.3 Å². The van der Waals surface area contributed by atoms with Crippen LogP contribution in [0.4, 0.5) is 0 Å². The molecule has 0 saturated carbocycles. The minimum Gasteiger partial charge on any atom is -0.365 e. The third kappa shape index (κ3) is 6.01. The number of nitrogens with zero attached hydrogens (tertiary/aromatic N) is 1. The van der Waals surface area contributed by atoms with Crippen molar-refractivity contribution >= 4 is 5.84 Å². The maximum atomic E-state index is 4.79. The Balaban J connectivity index is 1.85. The SMILES string of the molecule is CCCCCCCCc1ccc(C2=NC(C)CC(C)(C)N2)cc1. The van der Waals surface area contributed by atoms with Gasteiger partial charge in [0.25, 0.3) is 0 Å². The Bertz CT molecular complexity index is 499. The molecule has 0 saturated heterocycles. The second kappa shape index (κ2) is 8.52. The van der Waals surface area contributed by atoms with Crippen molar-refractivity contribution in [2.24, 2.45) is 4.99 Å². The highest BCUT2D eigenvalue weighted by atomic mass is 15.1. The van der Waals surface area contributed by atoms with Gasteiger partial charge in [-0.2, -0.15) is 0 Å². The Hall–Kier alpha value is -1.31. The summed E-state index contributed by atoms with van der Waals surface area (Å²) < 4.78 is 0. The molecule has 2 nitrogen and oxygen atoms in total. The molecule has 1 aliphatic heterocycles. The monoisotopic (exact) mass is 314 g/mol. The second-order valence-corrected chi connectivity index (χ2v) is 7.75. The summed E-state index contributed by atoms with van der Waals surface area (Å²) in [4.78, 5) is 4.79. The van der Waals surface area contributed by atoms with Crippen molar-refractivity contribution in [1.29, 1.82) is 0 Å². The summed E-state index contributed by atoms with van der Waals surface area (Å²) in [6.45, 7) is 8.99. The molecule has 0 amide bonds. The van der Waals surface area contributed by atoms with Crippen molar-refractivity contribution in [2.45, 2.75) is 90.6 Å². The highest BCUT2D eigenvalue weighted by Gasteiger charge is 2.27. The van der Waals surface area contributed by atoms with Crippen molar-refractivity contribution < 1.29 is 0 Å². The van der Waals surface area contributed by atoms with Gasteiger partial charge in [0.1, 0.15) is 5.84 Å². The van der Waals surface area contributed by atoms with Crippen LogP contribution in [-0.4, -0.2) is 17.4 Å². The third-order valence-electron chi connectivity index (χ3n) is 4.66. The van der Waals surface area contributed by atoms with E-state index in [1.54, 1.807) is 0 Å². The van der Waals surface area contributed by atoms with E-state index in [-0.39, 0.29) is 5.54 Å². The Labute approximate surface area is 142 Å². The first-order valence-electron chi connectivity index (χ1n) is 9.45. The quantitative estimate of drug-likeness (QED) is 0.630. The predicted octanol–water partition coefficient (Wildman–Crippen LogP) is 5.50. The highest BCUT2D eigenvalue weighted by molar-refractivity contribution is 5.99. The highest BCUT2D eigenvalue weighted by Crippen LogP contribution is 2.21. The summed E-state index contributed by atoms with van der Waals surface area (Å²) >= 11 is 0. The van der Waals surface area contributed by atoms with Crippen molar-refractivity contribution in [1.82, 2.24) is 5.32 Å². The normalized spacial score (nSPS) is 20.0. The molecular formula is C21H34N2. The second-order valence-electron chi connectivity index (χ2n) is 7.75. The molecule has 2 rings (SSSR count). The molecule has 1 aliphatic rings. The molecule has 0 radical (unpaired) electrons. The van der Waals surface area contributed by atoms with Crippen LogP contribution in [0.25, 0.3) is 0 Å². The molecule has 0 aromatic heterocycles. The van der Waals surface area contributed by atoms with Crippen molar-refractivity contribution in [3.05, 3.63) is 35.4 Å². The fourth-order valence-corrected chi connectivity index (χ4v) is 3.49. The molecule has 1 heterocycles. The molecule has 1 aromatic carbocycles. The zero-order valence-electron chi connectivity index (χ0n) is 15.5. The van der Waals surface area contributed by atoms with Gasteiger partial charge in [0.15, 0.2) is 0 Å². The number of amidine groups is 1. The lowest BCUT2D eigenvalue weighted by Gasteiger charge is -2.34. The summed E-state index contributed by atoms with van der Waals surface area (Å²) in [5, 5.41) is 3.58. The maximum absolute atomic E-state index is 4.79. The minimum absolute atomic E-state index is 0.133. The van der Waals surface area contributed by atoms with Crippen molar-refractivity contribution in [3.8, 4) is 0 Å². The number of hydrogen-bond donors (Lipinski definition) is 1. The first-order valence-corrected chi connectivity index (χ1v) is 9.45. The predicted molar refractivity (Wildman–Crippen MR) is 101 cm³/mol. The minimum atomic E-state index is 0.133. The Morgan fingerprint density at radius 1 is 1.04 bits per heavy atom. The van der Waals surface area contributed by atoms with Crippen LogP contribution < -0.4 is 5.32 Å². The van der Waals surface area contributed by atoms with E-state index in [0.29, 0.717) is 6.04 Å². The van der Waals surface area contributed by atoms with Crippen LogP contribution in [0.3, 0.4) is 0 Å². The Morgan fingerprint density at radius 3 is 2.35 bits per heavy atom. The van der Waals surface area contributed by atoms with Gasteiger partial charge >= 0.3 is 0 Å². The van der Waals surface area contributed by atoms with E-state index in [1.807, 2.05) is 0 Å². The third-order valence-corrected chi connectivity index (χ3v) is 4.66. The fraction of sp³-hybridized carbons (Fsp3) is 0.667. The number of rotatable bonds is 8. The molecular weight excluding hydrogens is 280 g/mol. The van der Waals surface area contributed by atoms with Gasteiger partial charge in [-0.15, -0.1) is 0 Å². The van der Waals surface area contributed by atoms with E-state index in [0.717, 1.165) is 12.3 Å². The summed E-state index contributed by atoms with van der Waals surface area (Å²) in [7, 11) is 0. The smallest absolute Gasteiger partial charge is 0.128 e. The number of aryl methyl sites for hydroxylation is 1. The zero-order valence-corrected chi connectivity index (χ0v) is 15.5. The van der Waals surface area contributed by atoms with Gasteiger partial charge < -0.3 is 5.32 Å². The van der Waals surface area contributed by atoms with Crippen molar-refractivity contribution in [3.63, 3.8) is 0 Å².